The lowest BCUT2D eigenvalue weighted by Crippen LogP contribution is -2.30. The minimum Gasteiger partial charge on any atom is -0.550 e. The molecule has 3 N–H and O–H groups in total. The number of carboxylic acids is 1. The number of nitrogens with two attached hydrogens (primary N) is 1. The molecule has 0 saturated heterocycles. The summed E-state index contributed by atoms with van der Waals surface area (Å²) in [4.78, 5) is 36.1. The molecule has 0 spiro atoms. The number of amides is 2. The molecule has 94 valence electrons. The van der Waals surface area contributed by atoms with Crippen LogP contribution in [0.3, 0.4) is 0 Å². The number of rotatable bonds is 6. The molecular formula is C9H12N3O4S-. The van der Waals surface area contributed by atoms with Gasteiger partial charge in [-0.25, -0.2) is 0 Å². The van der Waals surface area contributed by atoms with Gasteiger partial charge in [0.2, 0.25) is 5.91 Å². The third kappa shape index (κ3) is 4.85. The second-order valence-electron chi connectivity index (χ2n) is 3.42. The molecule has 17 heavy (non-hydrogen) atoms. The Balaban J connectivity index is 2.18. The maximum atomic E-state index is 11.4. The summed E-state index contributed by atoms with van der Waals surface area (Å²) in [5.74, 6) is -1.88. The molecule has 1 heterocycles. The number of aliphatic carboxylic acids is 1. The number of hydrogen-bond acceptors (Lipinski definition) is 6. The number of nitrogens with one attached hydrogen (secondary N) is 1. The molecule has 7 nitrogen and oxygen atoms in total. The van der Waals surface area contributed by atoms with E-state index in [0.29, 0.717) is 6.42 Å². The first-order valence-corrected chi connectivity index (χ1v) is 5.88. The van der Waals surface area contributed by atoms with Crippen LogP contribution in [0.1, 0.15) is 19.3 Å². The van der Waals surface area contributed by atoms with Gasteiger partial charge in [-0.1, -0.05) is 11.8 Å². The van der Waals surface area contributed by atoms with E-state index in [0.717, 1.165) is 11.8 Å². The molecule has 0 bridgehead atoms. The monoisotopic (exact) mass is 258 g/mol. The zero-order valence-electron chi connectivity index (χ0n) is 8.97. The van der Waals surface area contributed by atoms with E-state index in [1.807, 2.05) is 0 Å². The molecule has 8 heteroatoms. The first-order valence-electron chi connectivity index (χ1n) is 5.00. The molecule has 0 aromatic heterocycles. The Kier molecular flexibility index (Phi) is 4.95. The molecule has 0 aromatic carbocycles. The normalized spacial score (nSPS) is 18.9. The summed E-state index contributed by atoms with van der Waals surface area (Å²) in [6.45, 7) is 0.245. The second kappa shape index (κ2) is 6.24. The molecule has 0 fully saturated rings. The molecule has 1 aliphatic rings. The molecule has 0 saturated carbocycles. The lowest BCUT2D eigenvalue weighted by atomic mass is 10.2. The molecule has 0 radical (unpaired) electrons. The summed E-state index contributed by atoms with van der Waals surface area (Å²) in [5, 5.41) is 12.2. The van der Waals surface area contributed by atoms with Gasteiger partial charge < -0.3 is 21.0 Å². The minimum atomic E-state index is -1.15. The van der Waals surface area contributed by atoms with Crippen LogP contribution in [-0.2, 0) is 14.4 Å². The third-order valence-corrected chi connectivity index (χ3v) is 3.00. The second-order valence-corrected chi connectivity index (χ2v) is 4.65. The summed E-state index contributed by atoms with van der Waals surface area (Å²) >= 11 is 1.06. The van der Waals surface area contributed by atoms with Gasteiger partial charge in [0, 0.05) is 18.9 Å². The van der Waals surface area contributed by atoms with E-state index in [2.05, 4.69) is 10.3 Å². The average molecular weight is 258 g/mol. The van der Waals surface area contributed by atoms with Crippen molar-refractivity contribution in [3.63, 3.8) is 0 Å². The number of hydrogen-bond donors (Lipinski definition) is 2. The molecule has 0 aromatic rings. The quantitative estimate of drug-likeness (QED) is 0.530. The Bertz CT molecular complexity index is 369. The summed E-state index contributed by atoms with van der Waals surface area (Å²) in [6.07, 6.45) is 0.199. The Morgan fingerprint density at radius 1 is 1.53 bits per heavy atom. The van der Waals surface area contributed by atoms with Crippen LogP contribution in [0.2, 0.25) is 0 Å². The highest BCUT2D eigenvalue weighted by molar-refractivity contribution is 8.15. The van der Waals surface area contributed by atoms with E-state index in [-0.39, 0.29) is 30.5 Å². The summed E-state index contributed by atoms with van der Waals surface area (Å²) in [7, 11) is 0. The van der Waals surface area contributed by atoms with E-state index in [1.54, 1.807) is 0 Å². The number of nitrogens with zero attached hydrogens (tertiary/aromatic N) is 1. The zero-order chi connectivity index (χ0) is 12.8. The van der Waals surface area contributed by atoms with E-state index in [1.165, 1.54) is 0 Å². The molecule has 0 aliphatic carbocycles. The van der Waals surface area contributed by atoms with Gasteiger partial charge in [0.25, 0.3) is 5.91 Å². The van der Waals surface area contributed by atoms with Gasteiger partial charge in [0.05, 0.1) is 0 Å². The number of carbonyl (C=O) groups is 3. The first kappa shape index (κ1) is 13.5. The topological polar surface area (TPSA) is 125 Å². The standard InChI is InChI=1S/C9H13N3O4S/c10-9-12-8(16)5(17-9)4-6(13)11-3-1-2-7(14)15/h5H,1-4H2,(H,11,13)(H,14,15)(H2,10,12,16)/p-1/t5-/m1/s1. The fourth-order valence-electron chi connectivity index (χ4n) is 1.23. The zero-order valence-corrected chi connectivity index (χ0v) is 9.79. The fourth-order valence-corrected chi connectivity index (χ4v) is 2.06. The maximum absolute atomic E-state index is 11.4. The van der Waals surface area contributed by atoms with E-state index in [9.17, 15) is 19.5 Å². The fraction of sp³-hybridized carbons (Fsp3) is 0.556. The van der Waals surface area contributed by atoms with Crippen molar-refractivity contribution in [1.82, 2.24) is 5.32 Å². The van der Waals surface area contributed by atoms with Crippen molar-refractivity contribution in [3.8, 4) is 0 Å². The largest absolute Gasteiger partial charge is 0.550 e. The average Bonchev–Trinajstić information content (AvgIpc) is 2.52. The number of thioether (sulfide) groups is 1. The summed E-state index contributed by atoms with van der Waals surface area (Å²) < 4.78 is 0. The molecule has 2 amide bonds. The number of aliphatic imine (C=N–C) groups is 1. The Morgan fingerprint density at radius 3 is 2.76 bits per heavy atom. The van der Waals surface area contributed by atoms with Crippen molar-refractivity contribution in [1.29, 1.82) is 0 Å². The highest BCUT2D eigenvalue weighted by Gasteiger charge is 2.28. The van der Waals surface area contributed by atoms with Gasteiger partial charge in [0.15, 0.2) is 5.17 Å². The Hall–Kier alpha value is -1.57. The maximum Gasteiger partial charge on any atom is 0.262 e. The highest BCUT2D eigenvalue weighted by atomic mass is 32.2. The molecular weight excluding hydrogens is 246 g/mol. The summed E-state index contributed by atoms with van der Waals surface area (Å²) in [5.41, 5.74) is 5.33. The van der Waals surface area contributed by atoms with E-state index in [4.69, 9.17) is 5.73 Å². The van der Waals surface area contributed by atoms with Crippen LogP contribution in [-0.4, -0.2) is 34.7 Å². The van der Waals surface area contributed by atoms with Crippen LogP contribution in [0, 0.1) is 0 Å². The first-order chi connectivity index (χ1) is 7.99. The number of carboxylic acid groups (broad SMARTS) is 1. The predicted octanol–water partition coefficient (Wildman–Crippen LogP) is -2.02. The van der Waals surface area contributed by atoms with Crippen LogP contribution in [0.5, 0.6) is 0 Å². The van der Waals surface area contributed by atoms with Gasteiger partial charge in [-0.05, 0) is 12.8 Å². The number of amidine groups is 1. The van der Waals surface area contributed by atoms with Gasteiger partial charge in [-0.2, -0.15) is 4.99 Å². The van der Waals surface area contributed by atoms with Crippen LogP contribution >= 0.6 is 11.8 Å². The smallest absolute Gasteiger partial charge is 0.262 e. The highest BCUT2D eigenvalue weighted by Crippen LogP contribution is 2.22. The van der Waals surface area contributed by atoms with Crippen molar-refractivity contribution in [2.45, 2.75) is 24.5 Å². The van der Waals surface area contributed by atoms with E-state index >= 15 is 0 Å². The third-order valence-electron chi connectivity index (χ3n) is 2.01. The van der Waals surface area contributed by atoms with Crippen molar-refractivity contribution < 1.29 is 19.5 Å². The predicted molar refractivity (Wildman–Crippen MR) is 59.9 cm³/mol. The molecule has 1 aliphatic heterocycles. The van der Waals surface area contributed by atoms with Crippen LogP contribution in [0.25, 0.3) is 0 Å². The van der Waals surface area contributed by atoms with Crippen LogP contribution in [0.4, 0.5) is 0 Å². The van der Waals surface area contributed by atoms with Crippen molar-refractivity contribution >= 4 is 34.7 Å². The molecule has 0 unspecified atom stereocenters. The Morgan fingerprint density at radius 2 is 2.24 bits per heavy atom. The van der Waals surface area contributed by atoms with Gasteiger partial charge in [-0.15, -0.1) is 0 Å². The number of carbonyl (C=O) groups excluding carboxylic acids is 3. The Labute approximate surface area is 102 Å². The van der Waals surface area contributed by atoms with Gasteiger partial charge in [-0.3, -0.25) is 9.59 Å². The van der Waals surface area contributed by atoms with Gasteiger partial charge in [0.1, 0.15) is 5.25 Å². The lowest BCUT2D eigenvalue weighted by Gasteiger charge is -2.07. The van der Waals surface area contributed by atoms with Crippen LogP contribution < -0.4 is 16.2 Å². The van der Waals surface area contributed by atoms with Crippen molar-refractivity contribution in [2.75, 3.05) is 6.54 Å². The SMILES string of the molecule is NC1=NC(=O)[C@@H](CC(=O)NCCCC(=O)[O-])S1. The van der Waals surface area contributed by atoms with E-state index < -0.39 is 17.1 Å². The summed E-state index contributed by atoms with van der Waals surface area (Å²) in [6, 6.07) is 0. The molecule has 1 atom stereocenters. The van der Waals surface area contributed by atoms with Gasteiger partial charge >= 0.3 is 0 Å². The van der Waals surface area contributed by atoms with Crippen molar-refractivity contribution in [2.24, 2.45) is 10.7 Å². The lowest BCUT2D eigenvalue weighted by molar-refractivity contribution is -0.305. The van der Waals surface area contributed by atoms with Crippen LogP contribution in [0.15, 0.2) is 4.99 Å². The molecule has 1 rings (SSSR count). The minimum absolute atomic E-state index is 0.000971. The van der Waals surface area contributed by atoms with Crippen molar-refractivity contribution in [3.05, 3.63) is 0 Å².